The largest absolute Gasteiger partial charge is 0.379 e. The summed E-state index contributed by atoms with van der Waals surface area (Å²) in [6.07, 6.45) is 7.46. The Hall–Kier alpha value is -2.53. The summed E-state index contributed by atoms with van der Waals surface area (Å²) in [6.45, 7) is 5.86. The molecule has 3 N–H and O–H groups in total. The van der Waals surface area contributed by atoms with Crippen molar-refractivity contribution in [1.82, 2.24) is 19.5 Å². The Balaban J connectivity index is 1.37. The summed E-state index contributed by atoms with van der Waals surface area (Å²) in [5, 5.41) is 14.0. The molecule has 1 aliphatic heterocycles. The van der Waals surface area contributed by atoms with Gasteiger partial charge in [-0.1, -0.05) is 43.2 Å². The smallest absolute Gasteiger partial charge is 0.214 e. The number of benzene rings is 1. The minimum atomic E-state index is -3.34. The maximum atomic E-state index is 13.2. The van der Waals surface area contributed by atoms with Crippen molar-refractivity contribution in [2.24, 2.45) is 0 Å². The van der Waals surface area contributed by atoms with Gasteiger partial charge in [0.2, 0.25) is 10.0 Å². The van der Waals surface area contributed by atoms with E-state index in [4.69, 9.17) is 10.1 Å². The number of aromatic nitrogens is 1. The highest BCUT2D eigenvalue weighted by molar-refractivity contribution is 7.89. The first kappa shape index (κ1) is 28.0. The number of hydrogen-bond acceptors (Lipinski definition) is 6. The number of nitrogens with zero attached hydrogens (tertiary/aromatic N) is 3. The SMILES string of the molecule is N=C(NCCCCCCS(=O)(=O)N(CCCN1CCOCC1)Cc1ccccc1)Nc1ccncc1. The first-order valence-electron chi connectivity index (χ1n) is 12.8. The van der Waals surface area contributed by atoms with E-state index in [1.807, 2.05) is 30.3 Å². The van der Waals surface area contributed by atoms with Gasteiger partial charge in [-0.2, -0.15) is 4.31 Å². The van der Waals surface area contributed by atoms with E-state index in [2.05, 4.69) is 20.5 Å². The molecule has 9 nitrogen and oxygen atoms in total. The van der Waals surface area contributed by atoms with Crippen molar-refractivity contribution in [2.75, 3.05) is 57.0 Å². The van der Waals surface area contributed by atoms with E-state index in [9.17, 15) is 8.42 Å². The van der Waals surface area contributed by atoms with Gasteiger partial charge >= 0.3 is 0 Å². The Morgan fingerprint density at radius 1 is 1.00 bits per heavy atom. The number of guanidine groups is 1. The molecule has 0 atom stereocenters. The van der Waals surface area contributed by atoms with Crippen LogP contribution in [0, 0.1) is 5.41 Å². The Morgan fingerprint density at radius 3 is 2.47 bits per heavy atom. The summed E-state index contributed by atoms with van der Waals surface area (Å²) in [6, 6.07) is 13.4. The average molecular weight is 517 g/mol. The van der Waals surface area contributed by atoms with Crippen molar-refractivity contribution in [3.63, 3.8) is 0 Å². The fourth-order valence-electron chi connectivity index (χ4n) is 4.13. The number of morpholine rings is 1. The van der Waals surface area contributed by atoms with Crippen molar-refractivity contribution in [3.8, 4) is 0 Å². The van der Waals surface area contributed by atoms with E-state index in [1.165, 1.54) is 0 Å². The molecule has 1 fully saturated rings. The molecule has 1 aromatic carbocycles. The lowest BCUT2D eigenvalue weighted by atomic mass is 10.2. The fourth-order valence-corrected chi connectivity index (χ4v) is 5.71. The van der Waals surface area contributed by atoms with Crippen LogP contribution < -0.4 is 10.6 Å². The van der Waals surface area contributed by atoms with E-state index in [0.717, 1.165) is 69.8 Å². The number of pyridine rings is 1. The van der Waals surface area contributed by atoms with E-state index in [0.29, 0.717) is 26.1 Å². The molecule has 0 spiro atoms. The molecule has 0 aliphatic carbocycles. The van der Waals surface area contributed by atoms with Crippen LogP contribution in [0.2, 0.25) is 0 Å². The molecule has 1 aromatic heterocycles. The maximum Gasteiger partial charge on any atom is 0.214 e. The third kappa shape index (κ3) is 10.6. The minimum Gasteiger partial charge on any atom is -0.379 e. The normalized spacial score (nSPS) is 14.6. The van der Waals surface area contributed by atoms with Crippen molar-refractivity contribution in [3.05, 3.63) is 60.4 Å². The number of ether oxygens (including phenoxy) is 1. The third-order valence-corrected chi connectivity index (χ3v) is 8.06. The number of nitrogens with one attached hydrogen (secondary N) is 3. The standard InChI is InChI=1S/C26H40N6O3S/c27-26(30-25-11-14-28-15-12-25)29-13-6-1-2-7-22-36(33,34)32(23-24-9-4-3-5-10-24)17-8-16-31-18-20-35-21-19-31/h3-5,9-12,14-15H,1-2,6-8,13,16-23H2,(H3,27,28,29,30). The van der Waals surface area contributed by atoms with Crippen LogP contribution in [0.5, 0.6) is 0 Å². The zero-order valence-electron chi connectivity index (χ0n) is 21.1. The molecule has 0 unspecified atom stereocenters. The summed E-state index contributed by atoms with van der Waals surface area (Å²) < 4.78 is 33.5. The van der Waals surface area contributed by atoms with Crippen LogP contribution in [0.1, 0.15) is 37.7 Å². The second-order valence-corrected chi connectivity index (χ2v) is 11.1. The van der Waals surface area contributed by atoms with Gasteiger partial charge in [0.15, 0.2) is 5.96 Å². The lowest BCUT2D eigenvalue weighted by molar-refractivity contribution is 0.0368. The molecule has 0 saturated carbocycles. The molecule has 10 heteroatoms. The molecule has 0 bridgehead atoms. The second-order valence-electron chi connectivity index (χ2n) is 9.02. The molecule has 2 aromatic rings. The van der Waals surface area contributed by atoms with E-state index >= 15 is 0 Å². The van der Waals surface area contributed by atoms with Gasteiger partial charge in [0.1, 0.15) is 0 Å². The number of hydrogen-bond donors (Lipinski definition) is 3. The summed E-state index contributed by atoms with van der Waals surface area (Å²) in [5.74, 6) is 0.418. The number of unbranched alkanes of at least 4 members (excludes halogenated alkanes) is 3. The van der Waals surface area contributed by atoms with Crippen molar-refractivity contribution in [1.29, 1.82) is 5.41 Å². The van der Waals surface area contributed by atoms with Crippen LogP contribution in [-0.4, -0.2) is 80.3 Å². The molecule has 3 rings (SSSR count). The average Bonchev–Trinajstić information content (AvgIpc) is 2.89. The quantitative estimate of drug-likeness (QED) is 0.189. The van der Waals surface area contributed by atoms with Crippen LogP contribution in [-0.2, 0) is 21.3 Å². The highest BCUT2D eigenvalue weighted by atomic mass is 32.2. The van der Waals surface area contributed by atoms with Crippen LogP contribution >= 0.6 is 0 Å². The molecule has 198 valence electrons. The third-order valence-electron chi connectivity index (χ3n) is 6.16. The molecular formula is C26H40N6O3S. The van der Waals surface area contributed by atoms with Gasteiger partial charge < -0.3 is 15.4 Å². The molecule has 0 amide bonds. The first-order chi connectivity index (χ1) is 17.5. The minimum absolute atomic E-state index is 0.171. The Labute approximate surface area is 215 Å². The fraction of sp³-hybridized carbons (Fsp3) is 0.538. The molecule has 36 heavy (non-hydrogen) atoms. The Kier molecular flexibility index (Phi) is 12.1. The van der Waals surface area contributed by atoms with Gasteiger partial charge in [0.25, 0.3) is 0 Å². The first-order valence-corrected chi connectivity index (χ1v) is 14.5. The molecule has 2 heterocycles. The topological polar surface area (TPSA) is 111 Å². The molecule has 0 radical (unpaired) electrons. The van der Waals surface area contributed by atoms with E-state index < -0.39 is 10.0 Å². The number of sulfonamides is 1. The van der Waals surface area contributed by atoms with Crippen molar-refractivity contribution < 1.29 is 13.2 Å². The number of rotatable bonds is 15. The van der Waals surface area contributed by atoms with Crippen LogP contribution in [0.4, 0.5) is 5.69 Å². The van der Waals surface area contributed by atoms with Gasteiger partial charge in [-0.3, -0.25) is 15.3 Å². The summed E-state index contributed by atoms with van der Waals surface area (Å²) in [5.41, 5.74) is 1.83. The summed E-state index contributed by atoms with van der Waals surface area (Å²) in [7, 11) is -3.34. The Morgan fingerprint density at radius 2 is 1.72 bits per heavy atom. The highest BCUT2D eigenvalue weighted by Gasteiger charge is 2.22. The van der Waals surface area contributed by atoms with Crippen LogP contribution in [0.15, 0.2) is 54.9 Å². The summed E-state index contributed by atoms with van der Waals surface area (Å²) in [4.78, 5) is 6.30. The van der Waals surface area contributed by atoms with Gasteiger partial charge in [0, 0.05) is 50.8 Å². The van der Waals surface area contributed by atoms with Gasteiger partial charge in [-0.05, 0) is 43.5 Å². The molecular weight excluding hydrogens is 476 g/mol. The second kappa shape index (κ2) is 15.6. The van der Waals surface area contributed by atoms with E-state index in [-0.39, 0.29) is 11.7 Å². The van der Waals surface area contributed by atoms with Gasteiger partial charge in [-0.25, -0.2) is 8.42 Å². The van der Waals surface area contributed by atoms with Gasteiger partial charge in [-0.15, -0.1) is 0 Å². The predicted molar refractivity (Wildman–Crippen MR) is 145 cm³/mol. The monoisotopic (exact) mass is 516 g/mol. The summed E-state index contributed by atoms with van der Waals surface area (Å²) >= 11 is 0. The highest BCUT2D eigenvalue weighted by Crippen LogP contribution is 2.14. The Bertz CT molecular complexity index is 985. The van der Waals surface area contributed by atoms with Crippen LogP contribution in [0.25, 0.3) is 0 Å². The van der Waals surface area contributed by atoms with Crippen molar-refractivity contribution >= 4 is 21.7 Å². The maximum absolute atomic E-state index is 13.2. The lowest BCUT2D eigenvalue weighted by Gasteiger charge is -2.28. The van der Waals surface area contributed by atoms with Crippen LogP contribution in [0.3, 0.4) is 0 Å². The molecule has 1 aliphatic rings. The zero-order valence-corrected chi connectivity index (χ0v) is 21.9. The van der Waals surface area contributed by atoms with Crippen molar-refractivity contribution in [2.45, 2.75) is 38.6 Å². The lowest BCUT2D eigenvalue weighted by Crippen LogP contribution is -2.39. The number of anilines is 1. The molecule has 1 saturated heterocycles. The van der Waals surface area contributed by atoms with Gasteiger partial charge in [0.05, 0.1) is 19.0 Å². The zero-order chi connectivity index (χ0) is 25.5. The van der Waals surface area contributed by atoms with E-state index in [1.54, 1.807) is 28.8 Å². The predicted octanol–water partition coefficient (Wildman–Crippen LogP) is 3.13.